The number of aliphatic hydroxyl groups excluding tert-OH is 1. The number of unbranched alkanes of at least 4 members (excludes halogenated alkanes) is 1. The standard InChI is InChI=1S/C42H45N5O8/c48-35-14-12-31(40-39(35)44-38(50)25-54-40)36(49)23-43-22-27-10-13-32-37(21-27)55-42(53)46(32)17-5-4-6-26-9-11-30(28-7-2-1-3-8-28)33(20-26)47(41(51)52)34-24-45-18-15-29(34)16-19-45/h1-3,7-14,20-21,29,34,36,43,48-49H,4-6,15-19,22-25H2,(H,44,50)(H,51,52)/t34-,36-/m0/s1. The molecule has 286 valence electrons. The average Bonchev–Trinajstić information content (AvgIpc) is 3.51. The summed E-state index contributed by atoms with van der Waals surface area (Å²) >= 11 is 0. The van der Waals surface area contributed by atoms with Crippen molar-refractivity contribution < 1.29 is 34.1 Å². The summed E-state index contributed by atoms with van der Waals surface area (Å²) in [6, 6.07) is 24.6. The van der Waals surface area contributed by atoms with Gasteiger partial charge in [0, 0.05) is 37.3 Å². The second-order valence-electron chi connectivity index (χ2n) is 14.7. The Kier molecular flexibility index (Phi) is 10.3. The number of anilines is 2. The molecule has 0 radical (unpaired) electrons. The van der Waals surface area contributed by atoms with Crippen LogP contribution in [-0.2, 0) is 24.3 Å². The van der Waals surface area contributed by atoms with Crippen LogP contribution in [0.25, 0.3) is 22.2 Å². The molecule has 4 aromatic carbocycles. The van der Waals surface area contributed by atoms with E-state index in [0.717, 1.165) is 79.7 Å². The lowest BCUT2D eigenvalue weighted by Crippen LogP contribution is -2.59. The lowest BCUT2D eigenvalue weighted by atomic mass is 9.82. The maximum Gasteiger partial charge on any atom is 0.419 e. The van der Waals surface area contributed by atoms with E-state index in [9.17, 15) is 29.7 Å². The number of amides is 2. The number of fused-ring (bicyclic) bond motifs is 5. The van der Waals surface area contributed by atoms with Crippen molar-refractivity contribution in [3.8, 4) is 22.6 Å². The number of ether oxygens (including phenoxy) is 1. The van der Waals surface area contributed by atoms with Crippen LogP contribution in [0.15, 0.2) is 88.1 Å². The van der Waals surface area contributed by atoms with Crippen LogP contribution < -0.4 is 26.0 Å². The number of phenols is 1. The molecule has 13 nitrogen and oxygen atoms in total. The number of phenolic OH excluding ortho intramolecular Hbond substituents is 1. The number of aliphatic hydroxyl groups is 1. The predicted molar refractivity (Wildman–Crippen MR) is 208 cm³/mol. The number of carbonyl (C=O) groups excluding carboxylic acids is 1. The van der Waals surface area contributed by atoms with Crippen LogP contribution in [0, 0.1) is 5.92 Å². The van der Waals surface area contributed by atoms with Crippen molar-refractivity contribution >= 4 is 34.5 Å². The molecule has 5 N–H and O–H groups in total. The third kappa shape index (κ3) is 7.55. The second-order valence-corrected chi connectivity index (χ2v) is 14.7. The molecular formula is C42H45N5O8. The molecule has 9 rings (SSSR count). The van der Waals surface area contributed by atoms with E-state index < -0.39 is 18.0 Å². The topological polar surface area (TPSA) is 170 Å². The van der Waals surface area contributed by atoms with Crippen LogP contribution >= 0.6 is 0 Å². The highest BCUT2D eigenvalue weighted by molar-refractivity contribution is 5.97. The number of aryl methyl sites for hydroxylation is 2. The quantitative estimate of drug-likeness (QED) is 0.0742. The smallest absolute Gasteiger partial charge is 0.419 e. The van der Waals surface area contributed by atoms with Crippen LogP contribution in [-0.4, -0.2) is 75.6 Å². The number of hydrogen-bond acceptors (Lipinski definition) is 9. The van der Waals surface area contributed by atoms with Crippen molar-refractivity contribution in [3.05, 3.63) is 106 Å². The molecule has 0 saturated carbocycles. The van der Waals surface area contributed by atoms with E-state index in [-0.39, 0.29) is 42.3 Å². The van der Waals surface area contributed by atoms with E-state index in [2.05, 4.69) is 21.6 Å². The molecule has 0 unspecified atom stereocenters. The SMILES string of the molecule is O=C1COc2c([C@@H](O)CNCc3ccc4c(c3)oc(=O)n4CCCCc3ccc(-c4ccccc4)c(N(C(=O)O)[C@H]4CN5CCC4CC5)c3)ccc(O)c2N1. The minimum absolute atomic E-state index is 0.0838. The molecule has 2 atom stereocenters. The van der Waals surface area contributed by atoms with Gasteiger partial charge in [0.2, 0.25) is 0 Å². The summed E-state index contributed by atoms with van der Waals surface area (Å²) in [4.78, 5) is 41.6. The van der Waals surface area contributed by atoms with Crippen LogP contribution in [0.1, 0.15) is 48.5 Å². The van der Waals surface area contributed by atoms with E-state index in [1.807, 2.05) is 60.7 Å². The van der Waals surface area contributed by atoms with Gasteiger partial charge in [-0.2, -0.15) is 0 Å². The van der Waals surface area contributed by atoms with Gasteiger partial charge in [0.1, 0.15) is 11.4 Å². The van der Waals surface area contributed by atoms with Gasteiger partial charge in [-0.1, -0.05) is 48.5 Å². The van der Waals surface area contributed by atoms with Gasteiger partial charge >= 0.3 is 11.8 Å². The first-order chi connectivity index (χ1) is 26.7. The number of piperidine rings is 3. The van der Waals surface area contributed by atoms with E-state index in [4.69, 9.17) is 9.15 Å². The third-order valence-electron chi connectivity index (χ3n) is 11.2. The molecule has 1 aromatic heterocycles. The van der Waals surface area contributed by atoms with Crippen LogP contribution in [0.2, 0.25) is 0 Å². The third-order valence-corrected chi connectivity index (χ3v) is 11.2. The summed E-state index contributed by atoms with van der Waals surface area (Å²) in [5.74, 6) is -0.355. The summed E-state index contributed by atoms with van der Waals surface area (Å²) in [6.07, 6.45) is 2.39. The highest BCUT2D eigenvalue weighted by atomic mass is 16.5. The first-order valence-electron chi connectivity index (χ1n) is 19.0. The number of carboxylic acid groups (broad SMARTS) is 1. The molecule has 2 bridgehead atoms. The van der Waals surface area contributed by atoms with Crippen molar-refractivity contribution in [2.24, 2.45) is 5.92 Å². The predicted octanol–water partition coefficient (Wildman–Crippen LogP) is 5.72. The van der Waals surface area contributed by atoms with Crippen molar-refractivity contribution in [3.63, 3.8) is 0 Å². The Morgan fingerprint density at radius 1 is 0.982 bits per heavy atom. The monoisotopic (exact) mass is 747 g/mol. The number of carbonyl (C=O) groups is 2. The summed E-state index contributed by atoms with van der Waals surface area (Å²) in [5, 5.41) is 37.4. The first kappa shape index (κ1) is 36.4. The fourth-order valence-corrected chi connectivity index (χ4v) is 8.38. The van der Waals surface area contributed by atoms with E-state index in [1.54, 1.807) is 15.5 Å². The Morgan fingerprint density at radius 2 is 1.78 bits per heavy atom. The largest absolute Gasteiger partial charge is 0.506 e. The average molecular weight is 748 g/mol. The molecule has 0 spiro atoms. The number of nitrogens with one attached hydrogen (secondary N) is 2. The van der Waals surface area contributed by atoms with Gasteiger partial charge in [0.05, 0.1) is 23.3 Å². The molecule has 4 aliphatic heterocycles. The highest BCUT2D eigenvalue weighted by Crippen LogP contribution is 2.42. The molecule has 3 saturated heterocycles. The Hall–Kier alpha value is -5.63. The fraction of sp³-hybridized carbons (Fsp3) is 0.357. The molecule has 5 heterocycles. The van der Waals surface area contributed by atoms with Gasteiger partial charge in [0.15, 0.2) is 17.9 Å². The van der Waals surface area contributed by atoms with Crippen LogP contribution in [0.4, 0.5) is 16.2 Å². The Bertz CT molecular complexity index is 2260. The molecule has 0 aliphatic carbocycles. The lowest BCUT2D eigenvalue weighted by Gasteiger charge is -2.48. The van der Waals surface area contributed by atoms with Gasteiger partial charge in [-0.25, -0.2) is 9.59 Å². The van der Waals surface area contributed by atoms with Gasteiger partial charge in [-0.05, 0) is 98.1 Å². The fourth-order valence-electron chi connectivity index (χ4n) is 8.38. The molecule has 5 aromatic rings. The summed E-state index contributed by atoms with van der Waals surface area (Å²) in [5.41, 5.74) is 6.30. The lowest BCUT2D eigenvalue weighted by molar-refractivity contribution is -0.118. The van der Waals surface area contributed by atoms with Crippen LogP contribution in [0.3, 0.4) is 0 Å². The first-order valence-corrected chi connectivity index (χ1v) is 19.0. The number of aromatic hydroxyl groups is 1. The number of aromatic nitrogens is 1. The maximum absolute atomic E-state index is 12.9. The van der Waals surface area contributed by atoms with Crippen molar-refractivity contribution in [1.29, 1.82) is 0 Å². The number of hydrogen-bond donors (Lipinski definition) is 5. The number of rotatable bonds is 13. The Morgan fingerprint density at radius 3 is 2.55 bits per heavy atom. The highest BCUT2D eigenvalue weighted by Gasteiger charge is 2.41. The minimum Gasteiger partial charge on any atom is -0.506 e. The van der Waals surface area contributed by atoms with Crippen LogP contribution in [0.5, 0.6) is 11.5 Å². The summed E-state index contributed by atoms with van der Waals surface area (Å²) in [6.45, 7) is 3.65. The van der Waals surface area contributed by atoms with Crippen molar-refractivity contribution in [2.45, 2.75) is 57.3 Å². The summed E-state index contributed by atoms with van der Waals surface area (Å²) < 4.78 is 12.8. The number of oxazole rings is 1. The number of benzene rings is 4. The molecule has 13 heteroatoms. The van der Waals surface area contributed by atoms with E-state index in [1.165, 1.54) is 6.07 Å². The van der Waals surface area contributed by atoms with Gasteiger partial charge < -0.3 is 40.0 Å². The van der Waals surface area contributed by atoms with Gasteiger partial charge in [0.25, 0.3) is 5.91 Å². The van der Waals surface area contributed by atoms with Crippen molar-refractivity contribution in [2.75, 3.05) is 43.0 Å². The van der Waals surface area contributed by atoms with E-state index >= 15 is 0 Å². The zero-order valence-electron chi connectivity index (χ0n) is 30.4. The molecular weight excluding hydrogens is 702 g/mol. The van der Waals surface area contributed by atoms with Gasteiger partial charge in [-0.15, -0.1) is 0 Å². The Labute approximate surface area is 317 Å². The molecule has 55 heavy (non-hydrogen) atoms. The zero-order chi connectivity index (χ0) is 38.1. The van der Waals surface area contributed by atoms with Crippen molar-refractivity contribution in [1.82, 2.24) is 14.8 Å². The zero-order valence-corrected chi connectivity index (χ0v) is 30.4. The minimum atomic E-state index is -0.971. The molecule has 3 fully saturated rings. The van der Waals surface area contributed by atoms with E-state index in [0.29, 0.717) is 35.7 Å². The molecule has 4 aliphatic rings. The molecule has 2 amide bonds. The van der Waals surface area contributed by atoms with Gasteiger partial charge in [-0.3, -0.25) is 14.3 Å². The maximum atomic E-state index is 12.9. The second kappa shape index (κ2) is 15.6. The summed E-state index contributed by atoms with van der Waals surface area (Å²) in [7, 11) is 0. The Balaban J connectivity index is 0.907. The normalized spacial score (nSPS) is 19.4. The number of nitrogens with zero attached hydrogens (tertiary/aromatic N) is 3.